The molecule has 4 aromatic rings. The maximum atomic E-state index is 12.0. The second kappa shape index (κ2) is 9.92. The zero-order chi connectivity index (χ0) is 21.5. The maximum absolute atomic E-state index is 12.0. The first-order chi connectivity index (χ1) is 15.2. The minimum absolute atomic E-state index is 0.151. The molecule has 3 N–H and O–H groups in total. The number of nitrogens with one attached hydrogen (secondary N) is 3. The lowest BCUT2D eigenvalue weighted by molar-refractivity contribution is -0.599. The predicted molar refractivity (Wildman–Crippen MR) is 129 cm³/mol. The Balaban J connectivity index is 1.44. The van der Waals surface area contributed by atoms with Crippen molar-refractivity contribution in [2.75, 3.05) is 5.32 Å². The van der Waals surface area contributed by atoms with Crippen molar-refractivity contribution in [3.05, 3.63) is 111 Å². The van der Waals surface area contributed by atoms with Crippen LogP contribution in [0.4, 0.5) is 5.69 Å². The van der Waals surface area contributed by atoms with Gasteiger partial charge in [-0.1, -0.05) is 48.5 Å². The molecule has 0 spiro atoms. The fourth-order valence-corrected chi connectivity index (χ4v) is 3.87. The molecule has 0 bridgehead atoms. The minimum atomic E-state index is -0.151. The Morgan fingerprint density at radius 1 is 1.00 bits per heavy atom. The minimum Gasteiger partial charge on any atom is -0.331 e. The smallest absolute Gasteiger partial charge is 0.331 e. The molecule has 0 aliphatic carbocycles. The average molecular weight is 447 g/mol. The monoisotopic (exact) mass is 446 g/mol. The van der Waals surface area contributed by atoms with Crippen LogP contribution in [0.2, 0.25) is 0 Å². The van der Waals surface area contributed by atoms with Gasteiger partial charge in [0.05, 0.1) is 18.6 Å². The molecule has 2 heterocycles. The zero-order valence-electron chi connectivity index (χ0n) is 16.5. The Bertz CT molecular complexity index is 1230. The van der Waals surface area contributed by atoms with E-state index >= 15 is 0 Å². The molecule has 0 aliphatic heterocycles. The van der Waals surface area contributed by atoms with Crippen LogP contribution >= 0.6 is 23.6 Å². The molecule has 0 saturated carbocycles. The molecular weight excluding hydrogens is 426 g/mol. The van der Waals surface area contributed by atoms with E-state index in [4.69, 9.17) is 12.2 Å². The number of anilines is 1. The lowest BCUT2D eigenvalue weighted by atomic mass is 10.1. The van der Waals surface area contributed by atoms with E-state index in [1.807, 2.05) is 77.6 Å². The molecule has 0 saturated heterocycles. The van der Waals surface area contributed by atoms with E-state index in [1.165, 1.54) is 11.1 Å². The summed E-state index contributed by atoms with van der Waals surface area (Å²) in [4.78, 5) is 15.4. The lowest BCUT2D eigenvalue weighted by Gasteiger charge is -2.05. The number of para-hydroxylation sites is 1. The van der Waals surface area contributed by atoms with Crippen LogP contribution in [-0.4, -0.2) is 16.3 Å². The van der Waals surface area contributed by atoms with Gasteiger partial charge in [-0.25, -0.2) is 9.36 Å². The molecular formula is C23H20N5OS2+. The number of nitrogens with zero attached hydrogens (tertiary/aromatic N) is 2. The summed E-state index contributed by atoms with van der Waals surface area (Å²) in [6.07, 6.45) is 6.30. The first-order valence-corrected chi connectivity index (χ1v) is 10.8. The van der Waals surface area contributed by atoms with Gasteiger partial charge in [-0.05, 0) is 65.4 Å². The molecule has 154 valence electrons. The van der Waals surface area contributed by atoms with Gasteiger partial charge < -0.3 is 5.32 Å². The highest BCUT2D eigenvalue weighted by Crippen LogP contribution is 2.10. The van der Waals surface area contributed by atoms with Crippen molar-refractivity contribution in [2.24, 2.45) is 5.10 Å². The highest BCUT2D eigenvalue weighted by atomic mass is 32.1. The summed E-state index contributed by atoms with van der Waals surface area (Å²) in [5.41, 5.74) is 6.09. The zero-order valence-corrected chi connectivity index (χ0v) is 18.1. The molecule has 31 heavy (non-hydrogen) atoms. The largest absolute Gasteiger partial charge is 0.390 e. The van der Waals surface area contributed by atoms with E-state index < -0.39 is 0 Å². The van der Waals surface area contributed by atoms with E-state index in [1.54, 1.807) is 6.21 Å². The van der Waals surface area contributed by atoms with Crippen molar-refractivity contribution in [1.29, 1.82) is 0 Å². The summed E-state index contributed by atoms with van der Waals surface area (Å²) in [7, 11) is 0. The highest BCUT2D eigenvalue weighted by Gasteiger charge is 2.16. The van der Waals surface area contributed by atoms with E-state index in [0.29, 0.717) is 15.8 Å². The average Bonchev–Trinajstić information content (AvgIpc) is 3.16. The van der Waals surface area contributed by atoms with Crippen LogP contribution in [0.15, 0.2) is 95.1 Å². The van der Waals surface area contributed by atoms with Crippen LogP contribution in [0.1, 0.15) is 16.0 Å². The molecule has 8 heteroatoms. The number of thiazole rings is 1. The number of aromatic amines is 1. The summed E-state index contributed by atoms with van der Waals surface area (Å²) in [6, 6.07) is 24.0. The van der Waals surface area contributed by atoms with Crippen LogP contribution in [0.25, 0.3) is 5.82 Å². The summed E-state index contributed by atoms with van der Waals surface area (Å²) in [5.74, 6) is 0.661. The number of hydrazone groups is 1. The maximum Gasteiger partial charge on any atom is 0.390 e. The molecule has 2 aromatic heterocycles. The van der Waals surface area contributed by atoms with Crippen molar-refractivity contribution in [1.82, 2.24) is 10.4 Å². The van der Waals surface area contributed by atoms with Gasteiger partial charge in [0, 0.05) is 5.69 Å². The normalized spacial score (nSPS) is 10.8. The van der Waals surface area contributed by atoms with Gasteiger partial charge in [0.1, 0.15) is 4.88 Å². The predicted octanol–water partition coefficient (Wildman–Crippen LogP) is 3.62. The molecule has 2 aromatic carbocycles. The first-order valence-electron chi connectivity index (χ1n) is 9.60. The Hall–Kier alpha value is -3.62. The first kappa shape index (κ1) is 20.6. The quantitative estimate of drug-likeness (QED) is 0.183. The standard InChI is InChI=1S/C23H19N5OS2/c29-23-26-21(28-13-11-18(12-14-28)15-17-7-3-1-4-8-17)20(31-23)16-24-27-22(30)25-19-9-5-2-6-10-19/h1-14,16H,15H2,(H2-,24,25,26,27,29,30)/p+1. The Kier molecular flexibility index (Phi) is 6.61. The van der Waals surface area contributed by atoms with Crippen LogP contribution in [-0.2, 0) is 6.42 Å². The molecule has 4 rings (SSSR count). The van der Waals surface area contributed by atoms with Crippen LogP contribution < -0.4 is 20.2 Å². The number of hydrogen-bond acceptors (Lipinski definition) is 4. The molecule has 0 fully saturated rings. The van der Waals surface area contributed by atoms with Gasteiger partial charge in [-0.15, -0.1) is 0 Å². The van der Waals surface area contributed by atoms with Gasteiger partial charge in [0.2, 0.25) is 0 Å². The summed E-state index contributed by atoms with van der Waals surface area (Å²) >= 11 is 6.33. The van der Waals surface area contributed by atoms with Crippen LogP contribution in [0, 0.1) is 0 Å². The summed E-state index contributed by atoms with van der Waals surface area (Å²) in [6.45, 7) is 0. The van der Waals surface area contributed by atoms with Gasteiger partial charge in [-0.3, -0.25) is 5.43 Å². The number of pyridine rings is 1. The third-order valence-electron chi connectivity index (χ3n) is 4.44. The van der Waals surface area contributed by atoms with Gasteiger partial charge in [0.25, 0.3) is 0 Å². The van der Waals surface area contributed by atoms with Crippen molar-refractivity contribution in [2.45, 2.75) is 6.42 Å². The van der Waals surface area contributed by atoms with E-state index in [9.17, 15) is 4.79 Å². The second-order valence-electron chi connectivity index (χ2n) is 6.69. The fraction of sp³-hybridized carbons (Fsp3) is 0.0435. The molecule has 0 unspecified atom stereocenters. The van der Waals surface area contributed by atoms with Gasteiger partial charge >= 0.3 is 10.7 Å². The summed E-state index contributed by atoms with van der Waals surface area (Å²) in [5, 5.41) is 7.58. The Morgan fingerprint density at radius 2 is 1.65 bits per heavy atom. The fourth-order valence-electron chi connectivity index (χ4n) is 3.00. The Morgan fingerprint density at radius 3 is 2.35 bits per heavy atom. The van der Waals surface area contributed by atoms with Crippen molar-refractivity contribution in [3.8, 4) is 5.82 Å². The molecule has 0 atom stereocenters. The highest BCUT2D eigenvalue weighted by molar-refractivity contribution is 7.80. The third kappa shape index (κ3) is 5.71. The van der Waals surface area contributed by atoms with Gasteiger partial charge in [0.15, 0.2) is 5.11 Å². The second-order valence-corrected chi connectivity index (χ2v) is 8.12. The lowest BCUT2D eigenvalue weighted by Crippen LogP contribution is -2.32. The molecule has 0 radical (unpaired) electrons. The SMILES string of the molecule is O=c1[nH]c(-[n+]2ccc(Cc3ccccc3)cc2)c(C=NNC(=S)Nc2ccccc2)s1. The number of rotatable bonds is 6. The summed E-state index contributed by atoms with van der Waals surface area (Å²) < 4.78 is 1.87. The topological polar surface area (TPSA) is 73.2 Å². The number of benzene rings is 2. The van der Waals surface area contributed by atoms with E-state index in [0.717, 1.165) is 23.4 Å². The molecule has 0 amide bonds. The van der Waals surface area contributed by atoms with Crippen molar-refractivity contribution < 1.29 is 4.57 Å². The van der Waals surface area contributed by atoms with Crippen molar-refractivity contribution >= 4 is 40.6 Å². The van der Waals surface area contributed by atoms with E-state index in [2.05, 4.69) is 33.0 Å². The third-order valence-corrected chi connectivity index (χ3v) is 5.44. The Labute approximate surface area is 188 Å². The number of thiocarbonyl (C=S) groups is 1. The van der Waals surface area contributed by atoms with Gasteiger partial charge in [-0.2, -0.15) is 10.1 Å². The van der Waals surface area contributed by atoms with Crippen molar-refractivity contribution in [3.63, 3.8) is 0 Å². The molecule has 6 nitrogen and oxygen atoms in total. The van der Waals surface area contributed by atoms with E-state index in [-0.39, 0.29) is 4.87 Å². The number of hydrogen-bond donors (Lipinski definition) is 3. The van der Waals surface area contributed by atoms with Crippen LogP contribution in [0.5, 0.6) is 0 Å². The number of aromatic nitrogens is 2. The number of H-pyrrole nitrogens is 1. The van der Waals surface area contributed by atoms with Crippen LogP contribution in [0.3, 0.4) is 0 Å². The molecule has 0 aliphatic rings.